The van der Waals surface area contributed by atoms with Crippen molar-refractivity contribution in [1.29, 1.82) is 5.26 Å². The molecule has 0 aliphatic rings. The van der Waals surface area contributed by atoms with E-state index < -0.39 is 5.91 Å². The molecule has 1 N–H and O–H groups in total. The van der Waals surface area contributed by atoms with E-state index in [1.807, 2.05) is 6.07 Å². The van der Waals surface area contributed by atoms with E-state index >= 15 is 0 Å². The first-order valence-corrected chi connectivity index (χ1v) is 7.41. The fraction of sp³-hybridized carbons (Fsp3) is 0.158. The molecule has 0 unspecified atom stereocenters. The van der Waals surface area contributed by atoms with Gasteiger partial charge >= 0.3 is 0 Å². The molecule has 0 bridgehead atoms. The molecule has 2 aromatic rings. The zero-order valence-corrected chi connectivity index (χ0v) is 14.2. The van der Waals surface area contributed by atoms with Crippen molar-refractivity contribution in [3.8, 4) is 23.3 Å². The summed E-state index contributed by atoms with van der Waals surface area (Å²) >= 11 is 0. The molecule has 0 aliphatic carbocycles. The van der Waals surface area contributed by atoms with Crippen molar-refractivity contribution in [2.45, 2.75) is 0 Å². The Morgan fingerprint density at radius 3 is 2.32 bits per heavy atom. The minimum Gasteiger partial charge on any atom is -0.495 e. The Hall–Kier alpha value is -3.46. The molecule has 0 spiro atoms. The van der Waals surface area contributed by atoms with Gasteiger partial charge in [0, 0.05) is 0 Å². The van der Waals surface area contributed by atoms with Crippen molar-refractivity contribution in [3.63, 3.8) is 0 Å². The molecule has 6 nitrogen and oxygen atoms in total. The van der Waals surface area contributed by atoms with Crippen molar-refractivity contribution >= 4 is 17.7 Å². The number of amides is 1. The van der Waals surface area contributed by atoms with Gasteiger partial charge < -0.3 is 19.5 Å². The predicted octanol–water partition coefficient (Wildman–Crippen LogP) is 3.26. The number of hydrogen-bond acceptors (Lipinski definition) is 5. The SMILES string of the molecule is COc1ccccc1NC(=O)/C(C#N)=C/c1ccc(OC)c(OC)c1. The maximum Gasteiger partial charge on any atom is 0.266 e. The van der Waals surface area contributed by atoms with Crippen LogP contribution in [0.5, 0.6) is 17.2 Å². The highest BCUT2D eigenvalue weighted by Gasteiger charge is 2.13. The number of carbonyl (C=O) groups excluding carboxylic acids is 1. The van der Waals surface area contributed by atoms with E-state index in [0.717, 1.165) is 0 Å². The molecular weight excluding hydrogens is 320 g/mol. The minimum absolute atomic E-state index is 0.0434. The highest BCUT2D eigenvalue weighted by molar-refractivity contribution is 6.10. The summed E-state index contributed by atoms with van der Waals surface area (Å²) in [5.74, 6) is 1.07. The summed E-state index contributed by atoms with van der Waals surface area (Å²) in [5, 5.41) is 12.0. The maximum absolute atomic E-state index is 12.4. The van der Waals surface area contributed by atoms with Gasteiger partial charge in [-0.1, -0.05) is 18.2 Å². The van der Waals surface area contributed by atoms with Gasteiger partial charge in [0.1, 0.15) is 17.4 Å². The van der Waals surface area contributed by atoms with Crippen LogP contribution < -0.4 is 19.5 Å². The lowest BCUT2D eigenvalue weighted by molar-refractivity contribution is -0.112. The normalized spacial score (nSPS) is 10.6. The van der Waals surface area contributed by atoms with Gasteiger partial charge in [0.2, 0.25) is 0 Å². The summed E-state index contributed by atoms with van der Waals surface area (Å²) in [5.41, 5.74) is 1.09. The van der Waals surface area contributed by atoms with Crippen molar-refractivity contribution in [2.75, 3.05) is 26.6 Å². The summed E-state index contributed by atoms with van der Waals surface area (Å²) in [6, 6.07) is 14.0. The van der Waals surface area contributed by atoms with Gasteiger partial charge in [-0.3, -0.25) is 4.79 Å². The van der Waals surface area contributed by atoms with E-state index in [-0.39, 0.29) is 5.57 Å². The van der Waals surface area contributed by atoms with Gasteiger partial charge in [-0.2, -0.15) is 5.26 Å². The fourth-order valence-corrected chi connectivity index (χ4v) is 2.20. The van der Waals surface area contributed by atoms with Crippen LogP contribution in [0.25, 0.3) is 6.08 Å². The number of ether oxygens (including phenoxy) is 3. The Balaban J connectivity index is 2.28. The fourth-order valence-electron chi connectivity index (χ4n) is 2.20. The summed E-state index contributed by atoms with van der Waals surface area (Å²) in [6.45, 7) is 0. The van der Waals surface area contributed by atoms with Crippen molar-refractivity contribution < 1.29 is 19.0 Å². The molecule has 0 saturated heterocycles. The third-order valence-electron chi connectivity index (χ3n) is 3.44. The molecule has 2 aromatic carbocycles. The average molecular weight is 338 g/mol. The molecule has 0 aromatic heterocycles. The Morgan fingerprint density at radius 2 is 1.68 bits per heavy atom. The molecule has 25 heavy (non-hydrogen) atoms. The van der Waals surface area contributed by atoms with Crippen molar-refractivity contribution in [3.05, 3.63) is 53.6 Å². The van der Waals surface area contributed by atoms with Crippen LogP contribution in [0.15, 0.2) is 48.0 Å². The van der Waals surface area contributed by atoms with Gasteiger partial charge in [0.25, 0.3) is 5.91 Å². The van der Waals surface area contributed by atoms with E-state index in [1.165, 1.54) is 27.4 Å². The van der Waals surface area contributed by atoms with Gasteiger partial charge in [-0.25, -0.2) is 0 Å². The van der Waals surface area contributed by atoms with Crippen LogP contribution in [0.1, 0.15) is 5.56 Å². The van der Waals surface area contributed by atoms with Crippen molar-refractivity contribution in [1.82, 2.24) is 0 Å². The number of methoxy groups -OCH3 is 3. The van der Waals surface area contributed by atoms with Gasteiger partial charge in [-0.05, 0) is 35.9 Å². The van der Waals surface area contributed by atoms with Crippen LogP contribution in [-0.4, -0.2) is 27.2 Å². The average Bonchev–Trinajstić information content (AvgIpc) is 2.66. The first-order chi connectivity index (χ1) is 12.1. The van der Waals surface area contributed by atoms with E-state index in [2.05, 4.69) is 5.32 Å². The highest BCUT2D eigenvalue weighted by Crippen LogP contribution is 2.29. The highest BCUT2D eigenvalue weighted by atomic mass is 16.5. The number of anilines is 1. The molecule has 0 fully saturated rings. The molecule has 128 valence electrons. The summed E-state index contributed by atoms with van der Waals surface area (Å²) < 4.78 is 15.6. The number of carbonyl (C=O) groups is 1. The maximum atomic E-state index is 12.4. The van der Waals surface area contributed by atoms with E-state index in [9.17, 15) is 10.1 Å². The second-order valence-electron chi connectivity index (χ2n) is 4.94. The standard InChI is InChI=1S/C19H18N2O4/c1-23-16-7-5-4-6-15(16)21-19(22)14(12-20)10-13-8-9-17(24-2)18(11-13)25-3/h4-11H,1-3H3,(H,21,22)/b14-10+. The molecule has 0 saturated carbocycles. The number of hydrogen-bond donors (Lipinski definition) is 1. The second-order valence-corrected chi connectivity index (χ2v) is 4.94. The second kappa shape index (κ2) is 8.41. The minimum atomic E-state index is -0.526. The van der Waals surface area contributed by atoms with E-state index in [1.54, 1.807) is 42.5 Å². The molecule has 0 radical (unpaired) electrons. The Labute approximate surface area is 146 Å². The third-order valence-corrected chi connectivity index (χ3v) is 3.44. The Bertz CT molecular complexity index is 838. The first-order valence-electron chi connectivity index (χ1n) is 7.41. The Kier molecular flexibility index (Phi) is 6.02. The van der Waals surface area contributed by atoms with Crippen LogP contribution >= 0.6 is 0 Å². The number of rotatable bonds is 6. The lowest BCUT2D eigenvalue weighted by atomic mass is 10.1. The molecular formula is C19H18N2O4. The number of nitriles is 1. The van der Waals surface area contributed by atoms with Gasteiger partial charge in [0.15, 0.2) is 11.5 Å². The molecule has 0 atom stereocenters. The third kappa shape index (κ3) is 4.30. The first kappa shape index (κ1) is 17.9. The van der Waals surface area contributed by atoms with Crippen LogP contribution in [0.4, 0.5) is 5.69 Å². The quantitative estimate of drug-likeness (QED) is 0.646. The lowest BCUT2D eigenvalue weighted by Gasteiger charge is -2.10. The molecule has 2 rings (SSSR count). The van der Waals surface area contributed by atoms with E-state index in [4.69, 9.17) is 14.2 Å². The number of para-hydroxylation sites is 2. The molecule has 1 amide bonds. The predicted molar refractivity (Wildman–Crippen MR) is 94.8 cm³/mol. The molecule has 0 heterocycles. The number of nitrogens with one attached hydrogen (secondary N) is 1. The molecule has 0 aliphatic heterocycles. The molecule has 6 heteroatoms. The van der Waals surface area contributed by atoms with Crippen LogP contribution in [0.2, 0.25) is 0 Å². The summed E-state index contributed by atoms with van der Waals surface area (Å²) in [6.07, 6.45) is 1.48. The topological polar surface area (TPSA) is 80.6 Å². The zero-order valence-electron chi connectivity index (χ0n) is 14.2. The van der Waals surface area contributed by atoms with Crippen LogP contribution in [-0.2, 0) is 4.79 Å². The van der Waals surface area contributed by atoms with E-state index in [0.29, 0.717) is 28.5 Å². The monoisotopic (exact) mass is 338 g/mol. The van der Waals surface area contributed by atoms with Gasteiger partial charge in [-0.15, -0.1) is 0 Å². The Morgan fingerprint density at radius 1 is 1.00 bits per heavy atom. The zero-order chi connectivity index (χ0) is 18.2. The number of nitrogens with zero attached hydrogens (tertiary/aromatic N) is 1. The smallest absolute Gasteiger partial charge is 0.266 e. The van der Waals surface area contributed by atoms with Crippen LogP contribution in [0, 0.1) is 11.3 Å². The summed E-state index contributed by atoms with van der Waals surface area (Å²) in [7, 11) is 4.56. The van der Waals surface area contributed by atoms with Crippen LogP contribution in [0.3, 0.4) is 0 Å². The summed E-state index contributed by atoms with van der Waals surface area (Å²) in [4.78, 5) is 12.4. The van der Waals surface area contributed by atoms with Gasteiger partial charge in [0.05, 0.1) is 27.0 Å². The number of benzene rings is 2. The largest absolute Gasteiger partial charge is 0.495 e. The lowest BCUT2D eigenvalue weighted by Crippen LogP contribution is -2.14. The van der Waals surface area contributed by atoms with Crippen molar-refractivity contribution in [2.24, 2.45) is 0 Å².